The SMILES string of the molecule is c1ccc(-c2cc(-c3ccccc3)cc(-n3c4ccccc4oc4cc5c(cc43)oc3ccccc3n5-c3cc(-c4ccccc4)cc(-c4ccccc4)c3)c2)cc1. The third-order valence-electron chi connectivity index (χ3n) is 11.0. The van der Waals surface area contributed by atoms with Crippen LogP contribution in [0.25, 0.3) is 100 Å². The monoisotopic (exact) mass is 744 g/mol. The van der Waals surface area contributed by atoms with Gasteiger partial charge in [0.2, 0.25) is 0 Å². The van der Waals surface area contributed by atoms with E-state index in [1.807, 2.05) is 24.3 Å². The summed E-state index contributed by atoms with van der Waals surface area (Å²) in [4.78, 5) is 0. The number of para-hydroxylation sites is 4. The highest BCUT2D eigenvalue weighted by Crippen LogP contribution is 2.38. The van der Waals surface area contributed by atoms with Gasteiger partial charge in [-0.15, -0.1) is 0 Å². The summed E-state index contributed by atoms with van der Waals surface area (Å²) in [5, 5.41) is 0. The Kier molecular flexibility index (Phi) is 8.11. The lowest BCUT2D eigenvalue weighted by atomic mass is 9.97. The number of fused-ring (bicyclic) bond motifs is 4. The minimum atomic E-state index is 0.735. The van der Waals surface area contributed by atoms with Gasteiger partial charge in [0, 0.05) is 23.5 Å². The molecule has 2 aromatic heterocycles. The van der Waals surface area contributed by atoms with Gasteiger partial charge in [0.1, 0.15) is 0 Å². The van der Waals surface area contributed by atoms with Gasteiger partial charge < -0.3 is 18.0 Å². The third kappa shape index (κ3) is 5.96. The molecule has 0 spiro atoms. The molecule has 0 saturated carbocycles. The molecule has 0 atom stereocenters. The zero-order chi connectivity index (χ0) is 38.4. The Morgan fingerprint density at radius 2 is 0.517 bits per heavy atom. The van der Waals surface area contributed by atoms with Gasteiger partial charge in [-0.05, 0) is 105 Å². The lowest BCUT2D eigenvalue weighted by Gasteiger charge is -2.20. The van der Waals surface area contributed by atoms with Crippen LogP contribution >= 0.6 is 0 Å². The van der Waals surface area contributed by atoms with E-state index in [2.05, 4.69) is 203 Å². The van der Waals surface area contributed by atoms with Crippen molar-refractivity contribution in [3.63, 3.8) is 0 Å². The summed E-state index contributed by atoms with van der Waals surface area (Å²) in [5.74, 6) is 0. The van der Waals surface area contributed by atoms with Gasteiger partial charge in [0.25, 0.3) is 0 Å². The molecule has 58 heavy (non-hydrogen) atoms. The van der Waals surface area contributed by atoms with Crippen LogP contribution in [0, 0.1) is 0 Å². The normalized spacial score (nSPS) is 11.4. The topological polar surface area (TPSA) is 36.1 Å². The molecule has 0 aliphatic carbocycles. The molecule has 0 N–H and O–H groups in total. The minimum absolute atomic E-state index is 0.735. The second-order valence-corrected chi connectivity index (χ2v) is 14.6. The first-order chi connectivity index (χ1) is 28.7. The van der Waals surface area contributed by atoms with Gasteiger partial charge in [-0.1, -0.05) is 146 Å². The lowest BCUT2D eigenvalue weighted by Crippen LogP contribution is -2.04. The fourth-order valence-corrected chi connectivity index (χ4v) is 8.23. The first-order valence-electron chi connectivity index (χ1n) is 19.6. The first kappa shape index (κ1) is 33.5. The molecule has 9 aromatic carbocycles. The van der Waals surface area contributed by atoms with Gasteiger partial charge in [0.15, 0.2) is 22.3 Å². The lowest BCUT2D eigenvalue weighted by molar-refractivity contribution is 0.644. The van der Waals surface area contributed by atoms with E-state index in [1.165, 1.54) is 0 Å². The Hall–Kier alpha value is -7.82. The number of rotatable bonds is 6. The van der Waals surface area contributed by atoms with Crippen molar-refractivity contribution in [2.45, 2.75) is 0 Å². The van der Waals surface area contributed by atoms with Crippen molar-refractivity contribution in [2.75, 3.05) is 0 Å². The van der Waals surface area contributed by atoms with Gasteiger partial charge in [0.05, 0.1) is 22.1 Å². The van der Waals surface area contributed by atoms with Crippen LogP contribution < -0.4 is 0 Å². The van der Waals surface area contributed by atoms with E-state index in [-0.39, 0.29) is 0 Å². The van der Waals surface area contributed by atoms with Crippen LogP contribution in [0.5, 0.6) is 0 Å². The Bertz CT molecular complexity index is 2970. The molecular weight excluding hydrogens is 709 g/mol. The molecule has 4 nitrogen and oxygen atoms in total. The Labute approximate surface area is 335 Å². The molecule has 4 heteroatoms. The number of hydrogen-bond acceptors (Lipinski definition) is 2. The van der Waals surface area contributed by atoms with Crippen molar-refractivity contribution in [1.82, 2.24) is 9.13 Å². The van der Waals surface area contributed by atoms with Crippen LogP contribution in [0.4, 0.5) is 0 Å². The van der Waals surface area contributed by atoms with Crippen LogP contribution in [-0.4, -0.2) is 9.13 Å². The average Bonchev–Trinajstić information content (AvgIpc) is 3.30. The van der Waals surface area contributed by atoms with E-state index < -0.39 is 0 Å². The first-order valence-corrected chi connectivity index (χ1v) is 19.6. The molecule has 0 saturated heterocycles. The molecule has 0 fully saturated rings. The third-order valence-corrected chi connectivity index (χ3v) is 11.0. The minimum Gasteiger partial charge on any atom is -0.453 e. The maximum Gasteiger partial charge on any atom is 0.153 e. The van der Waals surface area contributed by atoms with Crippen LogP contribution in [0.15, 0.2) is 227 Å². The van der Waals surface area contributed by atoms with E-state index >= 15 is 0 Å². The summed E-state index contributed by atoms with van der Waals surface area (Å²) >= 11 is 0. The van der Waals surface area contributed by atoms with E-state index in [1.54, 1.807) is 0 Å². The summed E-state index contributed by atoms with van der Waals surface area (Å²) in [6.45, 7) is 0. The molecule has 0 aliphatic rings. The highest BCUT2D eigenvalue weighted by atomic mass is 16.3. The van der Waals surface area contributed by atoms with E-state index in [9.17, 15) is 0 Å². The summed E-state index contributed by atoms with van der Waals surface area (Å²) in [7, 11) is 0. The van der Waals surface area contributed by atoms with E-state index in [0.29, 0.717) is 0 Å². The van der Waals surface area contributed by atoms with Crippen LogP contribution in [-0.2, 0) is 0 Å². The summed E-state index contributed by atoms with van der Waals surface area (Å²) < 4.78 is 18.3. The second kappa shape index (κ2) is 14.0. The van der Waals surface area contributed by atoms with Crippen molar-refractivity contribution in [3.8, 4) is 55.9 Å². The standard InChI is InChI=1S/C54H36N2O2/c1-5-17-37(18-6-1)41-29-42(38-19-7-2-8-20-38)32-45(31-41)55-47-25-13-15-27-51(47)57-53-36-50-54(35-49(53)55)58-52-28-16-14-26-48(52)56(50)46-33-43(39-21-9-3-10-22-39)30-44(34-46)40-23-11-4-12-24-40/h1-36H. The van der Waals surface area contributed by atoms with Gasteiger partial charge in [-0.2, -0.15) is 0 Å². The smallest absolute Gasteiger partial charge is 0.153 e. The van der Waals surface area contributed by atoms with Crippen molar-refractivity contribution in [2.24, 2.45) is 0 Å². The van der Waals surface area contributed by atoms with Crippen LogP contribution in [0.2, 0.25) is 0 Å². The Balaban J connectivity index is 1.22. The second-order valence-electron chi connectivity index (χ2n) is 14.6. The Morgan fingerprint density at radius 1 is 0.224 bits per heavy atom. The molecule has 0 unspecified atom stereocenters. The molecule has 0 bridgehead atoms. The van der Waals surface area contributed by atoms with Crippen molar-refractivity contribution < 1.29 is 8.83 Å². The highest BCUT2D eigenvalue weighted by Gasteiger charge is 2.19. The molecule has 274 valence electrons. The number of hydrogen-bond donors (Lipinski definition) is 0. The quantitative estimate of drug-likeness (QED) is 0.159. The summed E-state index contributed by atoms with van der Waals surface area (Å²) in [5.41, 5.74) is 17.9. The van der Waals surface area contributed by atoms with E-state index in [4.69, 9.17) is 8.83 Å². The van der Waals surface area contributed by atoms with Crippen LogP contribution in [0.3, 0.4) is 0 Å². The molecule has 11 aromatic rings. The zero-order valence-corrected chi connectivity index (χ0v) is 31.5. The van der Waals surface area contributed by atoms with Gasteiger partial charge in [-0.25, -0.2) is 0 Å². The summed E-state index contributed by atoms with van der Waals surface area (Å²) in [6.07, 6.45) is 0. The molecule has 0 amide bonds. The average molecular weight is 745 g/mol. The van der Waals surface area contributed by atoms with Crippen molar-refractivity contribution >= 4 is 44.4 Å². The summed E-state index contributed by atoms with van der Waals surface area (Å²) in [6, 6.07) is 76.8. The number of nitrogens with zero attached hydrogens (tertiary/aromatic N) is 2. The number of benzene rings is 9. The van der Waals surface area contributed by atoms with Crippen LogP contribution in [0.1, 0.15) is 0 Å². The van der Waals surface area contributed by atoms with Crippen molar-refractivity contribution in [1.29, 1.82) is 0 Å². The highest BCUT2D eigenvalue weighted by molar-refractivity contribution is 5.98. The maximum absolute atomic E-state index is 6.86. The predicted molar refractivity (Wildman–Crippen MR) is 239 cm³/mol. The zero-order valence-electron chi connectivity index (χ0n) is 31.5. The van der Waals surface area contributed by atoms with Gasteiger partial charge in [-0.3, -0.25) is 0 Å². The predicted octanol–water partition coefficient (Wildman–Crippen LogP) is 14.9. The molecular formula is C54H36N2O2. The Morgan fingerprint density at radius 3 is 0.845 bits per heavy atom. The fourth-order valence-electron chi connectivity index (χ4n) is 8.23. The van der Waals surface area contributed by atoms with E-state index in [0.717, 1.165) is 100 Å². The van der Waals surface area contributed by atoms with Crippen molar-refractivity contribution in [3.05, 3.63) is 218 Å². The molecule has 0 radical (unpaired) electrons. The number of aromatic nitrogens is 2. The largest absolute Gasteiger partial charge is 0.453 e. The molecule has 2 heterocycles. The molecule has 0 aliphatic heterocycles. The fraction of sp³-hybridized carbons (Fsp3) is 0. The van der Waals surface area contributed by atoms with Gasteiger partial charge >= 0.3 is 0 Å². The maximum atomic E-state index is 6.86. The molecule has 11 rings (SSSR count).